The molecule has 1 saturated heterocycles. The molecular formula is C22H22FN7O3S. The Balaban J connectivity index is 1.48. The molecule has 3 aromatic rings. The van der Waals surface area contributed by atoms with Crippen LogP contribution >= 0.6 is 11.3 Å². The monoisotopic (exact) mass is 483 g/mol. The van der Waals surface area contributed by atoms with Gasteiger partial charge in [0.1, 0.15) is 35.4 Å². The van der Waals surface area contributed by atoms with Crippen molar-refractivity contribution in [3.8, 4) is 23.2 Å². The van der Waals surface area contributed by atoms with Gasteiger partial charge in [0.25, 0.3) is 5.91 Å². The molecule has 176 valence electrons. The van der Waals surface area contributed by atoms with Crippen molar-refractivity contribution >= 4 is 28.2 Å². The van der Waals surface area contributed by atoms with Crippen LogP contribution in [0, 0.1) is 18.3 Å². The molecule has 1 amide bonds. The summed E-state index contributed by atoms with van der Waals surface area (Å²) in [6.45, 7) is 3.33. The zero-order chi connectivity index (χ0) is 24.2. The number of hydrogen-bond donors (Lipinski definition) is 2. The highest BCUT2D eigenvalue weighted by Crippen LogP contribution is 2.29. The fourth-order valence-electron chi connectivity index (χ4n) is 3.53. The standard InChI is InChI=1S/C22H22FN7O3S/c1-12(31)21(32)30-6-5-18(16(23)10-30)33-17-4-3-14(7-15(17)8-24)20-26-11-27-22(29-20)28-19-9-25-13(2)34-19/h3-4,7,9,11-12,16,18,31H,5-6,10H2,1-2H3,(H,26,27,28,29)/t12-,16-,18-/m0/s1. The topological polar surface area (TPSA) is 137 Å². The second kappa shape index (κ2) is 10.1. The Morgan fingerprint density at radius 2 is 2.24 bits per heavy atom. The summed E-state index contributed by atoms with van der Waals surface area (Å²) in [5.74, 6) is 0.419. The number of thiazole rings is 1. The molecule has 3 heterocycles. The Labute approximate surface area is 199 Å². The van der Waals surface area contributed by atoms with E-state index in [-0.39, 0.29) is 30.8 Å². The first-order valence-corrected chi connectivity index (χ1v) is 11.4. The number of aliphatic hydroxyl groups excluding tert-OH is 1. The molecule has 2 aromatic heterocycles. The summed E-state index contributed by atoms with van der Waals surface area (Å²) in [7, 11) is 0. The maximum absolute atomic E-state index is 14.7. The molecule has 0 saturated carbocycles. The normalized spacial score (nSPS) is 18.7. The molecular weight excluding hydrogens is 461 g/mol. The number of halogens is 1. The Kier molecular flexibility index (Phi) is 6.95. The highest BCUT2D eigenvalue weighted by Gasteiger charge is 2.34. The molecule has 0 aliphatic carbocycles. The lowest BCUT2D eigenvalue weighted by atomic mass is 10.0. The highest BCUT2D eigenvalue weighted by atomic mass is 32.1. The zero-order valence-electron chi connectivity index (χ0n) is 18.5. The molecule has 1 aliphatic rings. The number of alkyl halides is 1. The molecule has 0 bridgehead atoms. The smallest absolute Gasteiger partial charge is 0.251 e. The number of rotatable bonds is 6. The quantitative estimate of drug-likeness (QED) is 0.542. The van der Waals surface area contributed by atoms with Crippen LogP contribution in [0.15, 0.2) is 30.7 Å². The summed E-state index contributed by atoms with van der Waals surface area (Å²) in [4.78, 5) is 30.1. The number of anilines is 2. The Morgan fingerprint density at radius 3 is 2.91 bits per heavy atom. The summed E-state index contributed by atoms with van der Waals surface area (Å²) in [5.41, 5.74) is 0.782. The van der Waals surface area contributed by atoms with Gasteiger partial charge in [0.05, 0.1) is 23.3 Å². The molecule has 1 aliphatic heterocycles. The molecule has 1 fully saturated rings. The number of benzene rings is 1. The number of ether oxygens (including phenoxy) is 1. The number of nitrogens with one attached hydrogen (secondary N) is 1. The van der Waals surface area contributed by atoms with Gasteiger partial charge >= 0.3 is 0 Å². The molecule has 4 rings (SSSR count). The molecule has 1 aromatic carbocycles. The first kappa shape index (κ1) is 23.5. The van der Waals surface area contributed by atoms with E-state index in [0.717, 1.165) is 10.0 Å². The molecule has 10 nitrogen and oxygen atoms in total. The van der Waals surface area contributed by atoms with E-state index < -0.39 is 24.3 Å². The van der Waals surface area contributed by atoms with E-state index >= 15 is 0 Å². The molecule has 3 atom stereocenters. The lowest BCUT2D eigenvalue weighted by Crippen LogP contribution is -2.51. The van der Waals surface area contributed by atoms with Crippen molar-refractivity contribution in [3.63, 3.8) is 0 Å². The SMILES string of the molecule is Cc1ncc(Nc2ncnc(-c3ccc(O[C@H]4CCN(C(=O)[C@H](C)O)C[C@@H]4F)c(C#N)c3)n2)s1. The van der Waals surface area contributed by atoms with E-state index in [4.69, 9.17) is 4.74 Å². The van der Waals surface area contributed by atoms with E-state index in [1.165, 1.54) is 29.5 Å². The Hall–Kier alpha value is -3.69. The predicted molar refractivity (Wildman–Crippen MR) is 122 cm³/mol. The lowest BCUT2D eigenvalue weighted by Gasteiger charge is -2.35. The van der Waals surface area contributed by atoms with Crippen LogP contribution in [-0.4, -0.2) is 67.3 Å². The summed E-state index contributed by atoms with van der Waals surface area (Å²) < 4.78 is 20.5. The number of aliphatic hydroxyl groups is 1. The molecule has 34 heavy (non-hydrogen) atoms. The van der Waals surface area contributed by atoms with Crippen LogP contribution in [0.1, 0.15) is 23.9 Å². The molecule has 0 spiro atoms. The first-order chi connectivity index (χ1) is 16.3. The van der Waals surface area contributed by atoms with Gasteiger partial charge in [-0.3, -0.25) is 4.79 Å². The molecule has 0 unspecified atom stereocenters. The highest BCUT2D eigenvalue weighted by molar-refractivity contribution is 7.15. The predicted octanol–water partition coefficient (Wildman–Crippen LogP) is 2.62. The van der Waals surface area contributed by atoms with Gasteiger partial charge < -0.3 is 20.1 Å². The van der Waals surface area contributed by atoms with Crippen LogP contribution in [0.25, 0.3) is 11.4 Å². The van der Waals surface area contributed by atoms with Gasteiger partial charge in [-0.15, -0.1) is 11.3 Å². The van der Waals surface area contributed by atoms with Crippen LogP contribution in [0.2, 0.25) is 0 Å². The van der Waals surface area contributed by atoms with Crippen molar-refractivity contribution in [2.24, 2.45) is 0 Å². The Morgan fingerprint density at radius 1 is 1.41 bits per heavy atom. The van der Waals surface area contributed by atoms with E-state index in [0.29, 0.717) is 17.3 Å². The summed E-state index contributed by atoms with van der Waals surface area (Å²) >= 11 is 1.46. The number of amides is 1. The van der Waals surface area contributed by atoms with Crippen molar-refractivity contribution < 1.29 is 19.0 Å². The lowest BCUT2D eigenvalue weighted by molar-refractivity contribution is -0.143. The maximum atomic E-state index is 14.7. The van der Waals surface area contributed by atoms with Gasteiger partial charge in [0.2, 0.25) is 5.95 Å². The number of carbonyl (C=O) groups excluding carboxylic acids is 1. The fourth-order valence-corrected chi connectivity index (χ4v) is 4.20. The summed E-state index contributed by atoms with van der Waals surface area (Å²) in [6, 6.07) is 6.91. The third-order valence-electron chi connectivity index (χ3n) is 5.22. The molecule has 0 radical (unpaired) electrons. The van der Waals surface area contributed by atoms with E-state index in [2.05, 4.69) is 31.3 Å². The van der Waals surface area contributed by atoms with Crippen LogP contribution in [-0.2, 0) is 4.79 Å². The van der Waals surface area contributed by atoms with Crippen LogP contribution in [0.3, 0.4) is 0 Å². The molecule has 2 N–H and O–H groups in total. The van der Waals surface area contributed by atoms with Gasteiger partial charge in [0.15, 0.2) is 12.0 Å². The summed E-state index contributed by atoms with van der Waals surface area (Å²) in [5, 5.41) is 23.8. The van der Waals surface area contributed by atoms with Crippen molar-refractivity contribution in [2.45, 2.75) is 38.6 Å². The van der Waals surface area contributed by atoms with E-state index in [1.807, 2.05) is 6.92 Å². The Bertz CT molecular complexity index is 1230. The van der Waals surface area contributed by atoms with Gasteiger partial charge in [-0.1, -0.05) is 0 Å². The van der Waals surface area contributed by atoms with Crippen LogP contribution < -0.4 is 10.1 Å². The van der Waals surface area contributed by atoms with Gasteiger partial charge in [-0.25, -0.2) is 19.3 Å². The number of aryl methyl sites for hydroxylation is 1. The number of aromatic nitrogens is 4. The number of likely N-dealkylation sites (tertiary alicyclic amines) is 1. The van der Waals surface area contributed by atoms with Crippen molar-refractivity contribution in [1.29, 1.82) is 5.26 Å². The minimum Gasteiger partial charge on any atom is -0.486 e. The number of piperidine rings is 1. The van der Waals surface area contributed by atoms with Gasteiger partial charge in [-0.05, 0) is 32.0 Å². The third kappa shape index (κ3) is 5.27. The third-order valence-corrected chi connectivity index (χ3v) is 6.04. The zero-order valence-corrected chi connectivity index (χ0v) is 19.3. The van der Waals surface area contributed by atoms with Gasteiger partial charge in [-0.2, -0.15) is 10.2 Å². The summed E-state index contributed by atoms with van der Waals surface area (Å²) in [6.07, 6.45) is -0.148. The van der Waals surface area contributed by atoms with Crippen molar-refractivity contribution in [2.75, 3.05) is 18.4 Å². The van der Waals surface area contributed by atoms with Crippen molar-refractivity contribution in [3.05, 3.63) is 41.3 Å². The average Bonchev–Trinajstić information content (AvgIpc) is 3.24. The number of nitriles is 1. The average molecular weight is 484 g/mol. The van der Waals surface area contributed by atoms with Crippen molar-refractivity contribution in [1.82, 2.24) is 24.8 Å². The first-order valence-electron chi connectivity index (χ1n) is 10.5. The molecule has 12 heteroatoms. The van der Waals surface area contributed by atoms with E-state index in [1.54, 1.807) is 24.4 Å². The van der Waals surface area contributed by atoms with Crippen LogP contribution in [0.5, 0.6) is 5.75 Å². The second-order valence-corrected chi connectivity index (χ2v) is 8.98. The number of hydrogen-bond acceptors (Lipinski definition) is 10. The van der Waals surface area contributed by atoms with E-state index in [9.17, 15) is 19.6 Å². The van der Waals surface area contributed by atoms with Gasteiger partial charge in [0, 0.05) is 18.5 Å². The largest absolute Gasteiger partial charge is 0.486 e. The number of nitrogens with zero attached hydrogens (tertiary/aromatic N) is 6. The minimum atomic E-state index is -1.45. The fraction of sp³-hybridized carbons (Fsp3) is 0.364. The maximum Gasteiger partial charge on any atom is 0.251 e. The second-order valence-electron chi connectivity index (χ2n) is 7.75. The number of carbonyl (C=O) groups is 1. The minimum absolute atomic E-state index is 0.172. The van der Waals surface area contributed by atoms with Crippen LogP contribution in [0.4, 0.5) is 15.3 Å².